The maximum atomic E-state index is 13.0. The van der Waals surface area contributed by atoms with Crippen LogP contribution >= 0.6 is 0 Å². The lowest BCUT2D eigenvalue weighted by atomic mass is 9.83. The van der Waals surface area contributed by atoms with Crippen LogP contribution in [0.1, 0.15) is 49.4 Å². The molecule has 1 aromatic carbocycles. The highest BCUT2D eigenvalue weighted by atomic mass is 16.5. The molecule has 2 fully saturated rings. The van der Waals surface area contributed by atoms with E-state index in [1.807, 2.05) is 11.8 Å². The number of carbonyl (C=O) groups is 2. The Kier molecular flexibility index (Phi) is 5.27. The molecule has 0 aromatic heterocycles. The molecule has 6 nitrogen and oxygen atoms in total. The molecule has 1 N–H and O–H groups in total. The van der Waals surface area contributed by atoms with E-state index in [1.165, 1.54) is 6.42 Å². The summed E-state index contributed by atoms with van der Waals surface area (Å²) in [5.74, 6) is -0.708. The average Bonchev–Trinajstić information content (AvgIpc) is 2.59. The molecular formula is C19H25NO5. The standard InChI is InChI=1S/C19H25NO5/c1-14-11-20(13-19(25-14)8-3-2-4-9-19)18(23)15-6-5-7-16(10-15)24-12-17(21)22/h5-7,10,14H,2-4,8-9,11-13H2,1H3,(H,21,22). The third kappa shape index (κ3) is 4.31. The van der Waals surface area contributed by atoms with Crippen molar-refractivity contribution in [1.29, 1.82) is 0 Å². The number of carboxylic acid groups (broad SMARTS) is 1. The second-order valence-electron chi connectivity index (χ2n) is 7.07. The second kappa shape index (κ2) is 7.44. The highest BCUT2D eigenvalue weighted by Crippen LogP contribution is 2.36. The monoisotopic (exact) mass is 347 g/mol. The molecule has 1 aliphatic heterocycles. The zero-order valence-corrected chi connectivity index (χ0v) is 14.6. The molecule has 1 unspecified atom stereocenters. The number of ether oxygens (including phenoxy) is 2. The van der Waals surface area contributed by atoms with E-state index in [0.29, 0.717) is 24.4 Å². The van der Waals surface area contributed by atoms with Gasteiger partial charge in [-0.3, -0.25) is 4.79 Å². The van der Waals surface area contributed by atoms with Crippen molar-refractivity contribution in [2.24, 2.45) is 0 Å². The number of rotatable bonds is 4. The van der Waals surface area contributed by atoms with Crippen LogP contribution in [-0.4, -0.2) is 53.3 Å². The molecule has 6 heteroatoms. The van der Waals surface area contributed by atoms with E-state index >= 15 is 0 Å². The number of carbonyl (C=O) groups excluding carboxylic acids is 1. The minimum absolute atomic E-state index is 0.0160. The lowest BCUT2D eigenvalue weighted by molar-refractivity contribution is -0.154. The molecule has 136 valence electrons. The Hall–Kier alpha value is -2.08. The number of carboxylic acids is 1. The van der Waals surface area contributed by atoms with Gasteiger partial charge in [0.25, 0.3) is 5.91 Å². The van der Waals surface area contributed by atoms with Crippen LogP contribution in [0.2, 0.25) is 0 Å². The molecule has 2 aliphatic rings. The smallest absolute Gasteiger partial charge is 0.341 e. The van der Waals surface area contributed by atoms with Gasteiger partial charge in [-0.15, -0.1) is 0 Å². The zero-order chi connectivity index (χ0) is 17.9. The first kappa shape index (κ1) is 17.7. The Balaban J connectivity index is 1.73. The summed E-state index contributed by atoms with van der Waals surface area (Å²) in [5, 5.41) is 8.71. The topological polar surface area (TPSA) is 76.1 Å². The molecule has 1 saturated heterocycles. The van der Waals surface area contributed by atoms with Crippen molar-refractivity contribution in [3.63, 3.8) is 0 Å². The fraction of sp³-hybridized carbons (Fsp3) is 0.579. The SMILES string of the molecule is CC1CN(C(=O)c2cccc(OCC(=O)O)c2)CC2(CCCCC2)O1. The third-order valence-corrected chi connectivity index (χ3v) is 4.90. The fourth-order valence-electron chi connectivity index (χ4n) is 3.90. The first-order valence-corrected chi connectivity index (χ1v) is 8.89. The van der Waals surface area contributed by atoms with E-state index in [-0.39, 0.29) is 17.6 Å². The van der Waals surface area contributed by atoms with Gasteiger partial charge in [-0.05, 0) is 38.0 Å². The summed E-state index contributed by atoms with van der Waals surface area (Å²) < 4.78 is 11.4. The van der Waals surface area contributed by atoms with Crippen molar-refractivity contribution in [3.8, 4) is 5.75 Å². The van der Waals surface area contributed by atoms with Gasteiger partial charge in [0, 0.05) is 12.1 Å². The van der Waals surface area contributed by atoms with Crippen molar-refractivity contribution in [2.45, 2.75) is 50.7 Å². The van der Waals surface area contributed by atoms with Gasteiger partial charge in [-0.1, -0.05) is 25.3 Å². The number of aliphatic carboxylic acids is 1. The summed E-state index contributed by atoms with van der Waals surface area (Å²) in [6, 6.07) is 6.72. The Morgan fingerprint density at radius 3 is 2.80 bits per heavy atom. The van der Waals surface area contributed by atoms with Crippen LogP contribution in [0, 0.1) is 0 Å². The van der Waals surface area contributed by atoms with Crippen LogP contribution in [0.15, 0.2) is 24.3 Å². The molecule has 1 aromatic rings. The maximum absolute atomic E-state index is 13.0. The lowest BCUT2D eigenvalue weighted by Gasteiger charge is -2.47. The summed E-state index contributed by atoms with van der Waals surface area (Å²) in [6.45, 7) is 2.79. The third-order valence-electron chi connectivity index (χ3n) is 4.90. The predicted octanol–water partition coefficient (Wildman–Crippen LogP) is 2.71. The van der Waals surface area contributed by atoms with E-state index in [9.17, 15) is 9.59 Å². The van der Waals surface area contributed by atoms with Gasteiger partial charge in [-0.2, -0.15) is 0 Å². The molecule has 1 heterocycles. The van der Waals surface area contributed by atoms with Crippen LogP contribution in [0.5, 0.6) is 5.75 Å². The zero-order valence-electron chi connectivity index (χ0n) is 14.6. The minimum Gasteiger partial charge on any atom is -0.482 e. The van der Waals surface area contributed by atoms with Crippen LogP contribution in [-0.2, 0) is 9.53 Å². The number of amides is 1. The van der Waals surface area contributed by atoms with Gasteiger partial charge in [0.15, 0.2) is 6.61 Å². The largest absolute Gasteiger partial charge is 0.482 e. The van der Waals surface area contributed by atoms with Crippen LogP contribution < -0.4 is 4.74 Å². The Morgan fingerprint density at radius 1 is 1.32 bits per heavy atom. The number of benzene rings is 1. The van der Waals surface area contributed by atoms with Gasteiger partial charge >= 0.3 is 5.97 Å². The van der Waals surface area contributed by atoms with E-state index in [0.717, 1.165) is 25.7 Å². The Labute approximate surface area is 147 Å². The first-order chi connectivity index (χ1) is 12.0. The molecule has 1 aliphatic carbocycles. The second-order valence-corrected chi connectivity index (χ2v) is 7.07. The summed E-state index contributed by atoms with van der Waals surface area (Å²) in [6.07, 6.45) is 5.55. The van der Waals surface area contributed by atoms with Crippen molar-refractivity contribution in [2.75, 3.05) is 19.7 Å². The average molecular weight is 347 g/mol. The molecule has 0 bridgehead atoms. The van der Waals surface area contributed by atoms with Crippen LogP contribution in [0.4, 0.5) is 0 Å². The Bertz CT molecular complexity index is 638. The Morgan fingerprint density at radius 2 is 2.08 bits per heavy atom. The van der Waals surface area contributed by atoms with E-state index in [4.69, 9.17) is 14.6 Å². The molecule has 25 heavy (non-hydrogen) atoms. The molecule has 0 radical (unpaired) electrons. The van der Waals surface area contributed by atoms with Crippen molar-refractivity contribution in [3.05, 3.63) is 29.8 Å². The van der Waals surface area contributed by atoms with Crippen molar-refractivity contribution >= 4 is 11.9 Å². The van der Waals surface area contributed by atoms with Crippen LogP contribution in [0.3, 0.4) is 0 Å². The molecule has 1 atom stereocenters. The number of nitrogens with zero attached hydrogens (tertiary/aromatic N) is 1. The minimum atomic E-state index is -1.04. The summed E-state index contributed by atoms with van der Waals surface area (Å²) in [5.41, 5.74) is 0.311. The number of morpholine rings is 1. The van der Waals surface area contributed by atoms with Gasteiger partial charge in [0.1, 0.15) is 5.75 Å². The van der Waals surface area contributed by atoms with Crippen molar-refractivity contribution < 1.29 is 24.2 Å². The van der Waals surface area contributed by atoms with Gasteiger partial charge in [-0.25, -0.2) is 4.79 Å². The molecule has 3 rings (SSSR count). The first-order valence-electron chi connectivity index (χ1n) is 8.89. The maximum Gasteiger partial charge on any atom is 0.341 e. The van der Waals surface area contributed by atoms with Crippen molar-refractivity contribution in [1.82, 2.24) is 4.90 Å². The summed E-state index contributed by atoms with van der Waals surface area (Å²) in [7, 11) is 0. The molecule has 1 amide bonds. The molecule has 1 spiro atoms. The van der Waals surface area contributed by atoms with Gasteiger partial charge in [0.2, 0.25) is 0 Å². The number of hydrogen-bond acceptors (Lipinski definition) is 4. The van der Waals surface area contributed by atoms with Crippen LogP contribution in [0.25, 0.3) is 0 Å². The quantitative estimate of drug-likeness (QED) is 0.906. The molecule has 1 saturated carbocycles. The summed E-state index contributed by atoms with van der Waals surface area (Å²) >= 11 is 0. The highest BCUT2D eigenvalue weighted by Gasteiger charge is 2.41. The lowest BCUT2D eigenvalue weighted by Crippen LogP contribution is -2.57. The van der Waals surface area contributed by atoms with E-state index in [1.54, 1.807) is 24.3 Å². The number of hydrogen-bond donors (Lipinski definition) is 1. The molecular weight excluding hydrogens is 322 g/mol. The highest BCUT2D eigenvalue weighted by molar-refractivity contribution is 5.94. The van der Waals surface area contributed by atoms with Gasteiger partial charge < -0.3 is 19.5 Å². The van der Waals surface area contributed by atoms with Gasteiger partial charge in [0.05, 0.1) is 18.2 Å². The fourth-order valence-corrected chi connectivity index (χ4v) is 3.90. The van der Waals surface area contributed by atoms with E-state index < -0.39 is 12.6 Å². The van der Waals surface area contributed by atoms with E-state index in [2.05, 4.69) is 0 Å². The predicted molar refractivity (Wildman–Crippen MR) is 91.8 cm³/mol. The summed E-state index contributed by atoms with van der Waals surface area (Å²) in [4.78, 5) is 25.5. The normalized spacial score (nSPS) is 22.6.